The van der Waals surface area contributed by atoms with Gasteiger partial charge in [0.05, 0.1) is 29.8 Å². The molecule has 0 aromatic carbocycles. The molecular weight excluding hydrogens is 346 g/mol. The number of aromatic nitrogens is 2. The van der Waals surface area contributed by atoms with Crippen molar-refractivity contribution < 1.29 is 9.53 Å². The van der Waals surface area contributed by atoms with Gasteiger partial charge in [-0.05, 0) is 36.6 Å². The second kappa shape index (κ2) is 7.53. The molecule has 4 heterocycles. The van der Waals surface area contributed by atoms with Crippen LogP contribution in [0.4, 0.5) is 0 Å². The van der Waals surface area contributed by atoms with Crippen molar-refractivity contribution >= 4 is 17.2 Å². The molecule has 4 rings (SSSR count). The molecule has 1 amide bonds. The van der Waals surface area contributed by atoms with Crippen molar-refractivity contribution in [2.45, 2.75) is 58.7 Å². The normalized spacial score (nSPS) is 20.4. The van der Waals surface area contributed by atoms with E-state index >= 15 is 0 Å². The summed E-state index contributed by atoms with van der Waals surface area (Å²) < 4.78 is 7.94. The number of carbonyl (C=O) groups is 1. The lowest BCUT2D eigenvalue weighted by molar-refractivity contribution is 0.0601. The third kappa shape index (κ3) is 3.32. The first-order chi connectivity index (χ1) is 12.6. The Bertz CT molecular complexity index is 766. The van der Waals surface area contributed by atoms with E-state index in [-0.39, 0.29) is 11.9 Å². The molecular formula is C20H27N3O2S. The number of thiophene rings is 1. The van der Waals surface area contributed by atoms with Crippen LogP contribution in [-0.2, 0) is 24.3 Å². The van der Waals surface area contributed by atoms with Gasteiger partial charge in [0.1, 0.15) is 0 Å². The van der Waals surface area contributed by atoms with Crippen LogP contribution in [0.1, 0.15) is 65.8 Å². The molecule has 140 valence electrons. The number of ether oxygens (including phenoxy) is 1. The lowest BCUT2D eigenvalue weighted by Gasteiger charge is -2.35. The van der Waals surface area contributed by atoms with Gasteiger partial charge in [0.2, 0.25) is 0 Å². The van der Waals surface area contributed by atoms with Crippen LogP contribution in [0.5, 0.6) is 0 Å². The van der Waals surface area contributed by atoms with Gasteiger partial charge in [0, 0.05) is 30.8 Å². The second-order valence-corrected chi connectivity index (χ2v) is 8.62. The molecule has 0 N–H and O–H groups in total. The van der Waals surface area contributed by atoms with Crippen molar-refractivity contribution in [1.29, 1.82) is 0 Å². The number of likely N-dealkylation sites (tertiary alicyclic amines) is 1. The lowest BCUT2D eigenvalue weighted by Crippen LogP contribution is -2.38. The van der Waals surface area contributed by atoms with E-state index in [0.717, 1.165) is 56.0 Å². The minimum Gasteiger partial charge on any atom is -0.376 e. The average Bonchev–Trinajstić information content (AvgIpc) is 3.30. The number of amides is 1. The maximum absolute atomic E-state index is 13.1. The molecule has 0 radical (unpaired) electrons. The van der Waals surface area contributed by atoms with Gasteiger partial charge in [0.15, 0.2) is 0 Å². The summed E-state index contributed by atoms with van der Waals surface area (Å²) in [5.74, 6) is 0.693. The minimum absolute atomic E-state index is 0.0715. The Labute approximate surface area is 159 Å². The van der Waals surface area contributed by atoms with Gasteiger partial charge >= 0.3 is 0 Å². The van der Waals surface area contributed by atoms with E-state index in [0.29, 0.717) is 12.5 Å². The molecule has 6 heteroatoms. The standard InChI is InChI=1S/C20H27N3O2S/c1-14(2)12-23-16-8-10-25-13-15(16)19(21-23)17-6-3-4-9-22(17)20(24)18-7-5-11-26-18/h5,7,11,14,17H,3-4,6,8-10,12-13H2,1-2H3. The highest BCUT2D eigenvalue weighted by Crippen LogP contribution is 2.36. The fourth-order valence-electron chi connectivity index (χ4n) is 4.10. The van der Waals surface area contributed by atoms with Crippen LogP contribution in [0.3, 0.4) is 0 Å². The van der Waals surface area contributed by atoms with Crippen LogP contribution in [-0.4, -0.2) is 33.7 Å². The molecule has 2 aliphatic heterocycles. The lowest BCUT2D eigenvalue weighted by atomic mass is 9.95. The van der Waals surface area contributed by atoms with Gasteiger partial charge in [0.25, 0.3) is 5.91 Å². The van der Waals surface area contributed by atoms with Gasteiger partial charge in [-0.3, -0.25) is 9.48 Å². The maximum Gasteiger partial charge on any atom is 0.264 e. The van der Waals surface area contributed by atoms with Gasteiger partial charge in [-0.25, -0.2) is 0 Å². The predicted octanol–water partition coefficient (Wildman–Crippen LogP) is 4.04. The largest absolute Gasteiger partial charge is 0.376 e. The first-order valence-electron chi connectivity index (χ1n) is 9.66. The van der Waals surface area contributed by atoms with Crippen molar-refractivity contribution in [3.8, 4) is 0 Å². The molecule has 2 aliphatic rings. The van der Waals surface area contributed by atoms with Crippen LogP contribution in [0, 0.1) is 5.92 Å². The van der Waals surface area contributed by atoms with E-state index in [4.69, 9.17) is 9.84 Å². The van der Waals surface area contributed by atoms with Crippen LogP contribution in [0.15, 0.2) is 17.5 Å². The first kappa shape index (κ1) is 17.7. The summed E-state index contributed by atoms with van der Waals surface area (Å²) in [6.45, 7) is 7.57. The van der Waals surface area contributed by atoms with E-state index in [1.54, 1.807) is 0 Å². The Morgan fingerprint density at radius 1 is 1.42 bits per heavy atom. The van der Waals surface area contributed by atoms with Crippen LogP contribution in [0.2, 0.25) is 0 Å². The molecule has 2 aromatic heterocycles. The fraction of sp³-hybridized carbons (Fsp3) is 0.600. The molecule has 1 unspecified atom stereocenters. The third-order valence-corrected chi connectivity index (χ3v) is 6.13. The summed E-state index contributed by atoms with van der Waals surface area (Å²) in [7, 11) is 0. The average molecular weight is 374 g/mol. The molecule has 2 aromatic rings. The summed E-state index contributed by atoms with van der Waals surface area (Å²) in [4.78, 5) is 15.9. The Hall–Kier alpha value is -1.66. The van der Waals surface area contributed by atoms with Crippen molar-refractivity contribution in [3.63, 3.8) is 0 Å². The van der Waals surface area contributed by atoms with Gasteiger partial charge in [-0.15, -0.1) is 11.3 Å². The summed E-state index contributed by atoms with van der Waals surface area (Å²) in [5.41, 5.74) is 3.62. The quantitative estimate of drug-likeness (QED) is 0.813. The van der Waals surface area contributed by atoms with Gasteiger partial charge in [-0.2, -0.15) is 5.10 Å². The predicted molar refractivity (Wildman–Crippen MR) is 102 cm³/mol. The minimum atomic E-state index is 0.0715. The third-order valence-electron chi connectivity index (χ3n) is 5.28. The van der Waals surface area contributed by atoms with Crippen molar-refractivity contribution in [2.75, 3.05) is 13.2 Å². The zero-order valence-electron chi connectivity index (χ0n) is 15.6. The second-order valence-electron chi connectivity index (χ2n) is 7.68. The molecule has 0 saturated carbocycles. The monoisotopic (exact) mass is 373 g/mol. The van der Waals surface area contributed by atoms with E-state index in [1.165, 1.54) is 22.6 Å². The van der Waals surface area contributed by atoms with Crippen molar-refractivity contribution in [3.05, 3.63) is 39.3 Å². The number of carbonyl (C=O) groups excluding carboxylic acids is 1. The Morgan fingerprint density at radius 2 is 2.31 bits per heavy atom. The van der Waals surface area contributed by atoms with E-state index < -0.39 is 0 Å². The van der Waals surface area contributed by atoms with Crippen molar-refractivity contribution in [1.82, 2.24) is 14.7 Å². The zero-order chi connectivity index (χ0) is 18.1. The fourth-order valence-corrected chi connectivity index (χ4v) is 4.78. The molecule has 0 bridgehead atoms. The molecule has 1 fully saturated rings. The highest BCUT2D eigenvalue weighted by atomic mass is 32.1. The molecule has 0 spiro atoms. The van der Waals surface area contributed by atoms with Gasteiger partial charge in [-0.1, -0.05) is 19.9 Å². The Morgan fingerprint density at radius 3 is 3.08 bits per heavy atom. The number of fused-ring (bicyclic) bond motifs is 1. The highest BCUT2D eigenvalue weighted by molar-refractivity contribution is 7.12. The van der Waals surface area contributed by atoms with Crippen LogP contribution < -0.4 is 0 Å². The maximum atomic E-state index is 13.1. The number of hydrogen-bond donors (Lipinski definition) is 0. The first-order valence-corrected chi connectivity index (χ1v) is 10.5. The van der Waals surface area contributed by atoms with Gasteiger partial charge < -0.3 is 9.64 Å². The number of hydrogen-bond acceptors (Lipinski definition) is 4. The smallest absolute Gasteiger partial charge is 0.264 e. The Balaban J connectivity index is 1.70. The highest BCUT2D eigenvalue weighted by Gasteiger charge is 2.34. The molecule has 1 atom stereocenters. The SMILES string of the molecule is CC(C)Cn1nc(C2CCCCN2C(=O)c2cccs2)c2c1CCOC2. The van der Waals surface area contributed by atoms with Crippen LogP contribution >= 0.6 is 11.3 Å². The molecule has 0 aliphatic carbocycles. The van der Waals surface area contributed by atoms with Crippen LogP contribution in [0.25, 0.3) is 0 Å². The summed E-state index contributed by atoms with van der Waals surface area (Å²) >= 11 is 1.52. The summed E-state index contributed by atoms with van der Waals surface area (Å²) in [6.07, 6.45) is 4.12. The number of rotatable bonds is 4. The van der Waals surface area contributed by atoms with E-state index in [1.807, 2.05) is 22.4 Å². The molecule has 26 heavy (non-hydrogen) atoms. The zero-order valence-corrected chi connectivity index (χ0v) is 16.4. The van der Waals surface area contributed by atoms with E-state index in [9.17, 15) is 4.79 Å². The number of piperidine rings is 1. The number of nitrogens with zero attached hydrogens (tertiary/aromatic N) is 3. The Kier molecular flexibility index (Phi) is 5.14. The van der Waals surface area contributed by atoms with E-state index in [2.05, 4.69) is 18.5 Å². The van der Waals surface area contributed by atoms with Crippen molar-refractivity contribution in [2.24, 2.45) is 5.92 Å². The summed E-state index contributed by atoms with van der Waals surface area (Å²) in [5, 5.41) is 6.99. The summed E-state index contributed by atoms with van der Waals surface area (Å²) in [6, 6.07) is 3.95. The molecule has 5 nitrogen and oxygen atoms in total. The topological polar surface area (TPSA) is 47.4 Å². The molecule has 1 saturated heterocycles.